The number of primary amides is 1. The van der Waals surface area contributed by atoms with Crippen molar-refractivity contribution in [2.45, 2.75) is 13.3 Å². The number of benzene rings is 1. The summed E-state index contributed by atoms with van der Waals surface area (Å²) in [5, 5.41) is 2.68. The van der Waals surface area contributed by atoms with Gasteiger partial charge in [0.2, 0.25) is 11.8 Å². The van der Waals surface area contributed by atoms with Gasteiger partial charge in [0.05, 0.1) is 0 Å². The first-order valence-corrected chi connectivity index (χ1v) is 4.95. The Morgan fingerprint density at radius 3 is 2.47 bits per heavy atom. The smallest absolute Gasteiger partial charge is 0.248 e. The van der Waals surface area contributed by atoms with Crippen LogP contribution in [0.3, 0.4) is 0 Å². The lowest BCUT2D eigenvalue weighted by Crippen LogP contribution is -2.17. The Balaban J connectivity index is 0.00000256. The number of rotatable bonds is 4. The first kappa shape index (κ1) is 15.4. The molecule has 94 valence electrons. The summed E-state index contributed by atoms with van der Waals surface area (Å²) in [6, 6.07) is 4.94. The van der Waals surface area contributed by atoms with Gasteiger partial charge in [0.1, 0.15) is 0 Å². The van der Waals surface area contributed by atoms with Crippen molar-refractivity contribution in [3.05, 3.63) is 29.3 Å². The molecule has 0 saturated carbocycles. The maximum absolute atomic E-state index is 11.3. The third-order valence-electron chi connectivity index (χ3n) is 2.15. The molecular weight excluding hydrogens is 242 g/mol. The monoisotopic (exact) mass is 257 g/mol. The molecule has 5 nitrogen and oxygen atoms in total. The van der Waals surface area contributed by atoms with Crippen LogP contribution in [0, 0.1) is 6.92 Å². The maximum atomic E-state index is 11.3. The van der Waals surface area contributed by atoms with Crippen LogP contribution in [0.1, 0.15) is 22.3 Å². The Morgan fingerprint density at radius 1 is 1.35 bits per heavy atom. The quantitative estimate of drug-likeness (QED) is 0.744. The van der Waals surface area contributed by atoms with E-state index < -0.39 is 5.91 Å². The summed E-state index contributed by atoms with van der Waals surface area (Å²) in [6.45, 7) is 2.07. The molecule has 0 heterocycles. The second-order valence-corrected chi connectivity index (χ2v) is 3.48. The number of halogens is 1. The van der Waals surface area contributed by atoms with E-state index >= 15 is 0 Å². The topological polar surface area (TPSA) is 98.2 Å². The van der Waals surface area contributed by atoms with Gasteiger partial charge in [-0.15, -0.1) is 12.4 Å². The Labute approximate surface area is 106 Å². The fourth-order valence-electron chi connectivity index (χ4n) is 1.37. The van der Waals surface area contributed by atoms with Crippen molar-refractivity contribution >= 4 is 29.9 Å². The number of aryl methyl sites for hydroxylation is 1. The summed E-state index contributed by atoms with van der Waals surface area (Å²) in [5.41, 5.74) is 12.3. The van der Waals surface area contributed by atoms with Gasteiger partial charge in [-0.25, -0.2) is 0 Å². The summed E-state index contributed by atoms with van der Waals surface area (Å²) in [7, 11) is 0. The van der Waals surface area contributed by atoms with Crippen molar-refractivity contribution in [1.29, 1.82) is 0 Å². The number of nitrogens with one attached hydrogen (secondary N) is 1. The molecule has 2 amide bonds. The van der Waals surface area contributed by atoms with E-state index in [1.54, 1.807) is 25.1 Å². The second kappa shape index (κ2) is 6.88. The third kappa shape index (κ3) is 4.42. The summed E-state index contributed by atoms with van der Waals surface area (Å²) in [6.07, 6.45) is 0.274. The minimum atomic E-state index is -0.475. The van der Waals surface area contributed by atoms with E-state index in [2.05, 4.69) is 5.32 Å². The highest BCUT2D eigenvalue weighted by Gasteiger charge is 2.06. The van der Waals surface area contributed by atoms with Crippen molar-refractivity contribution in [3.8, 4) is 0 Å². The van der Waals surface area contributed by atoms with E-state index in [1.165, 1.54) is 0 Å². The molecule has 0 spiro atoms. The van der Waals surface area contributed by atoms with Gasteiger partial charge < -0.3 is 16.8 Å². The van der Waals surface area contributed by atoms with E-state index in [-0.39, 0.29) is 24.7 Å². The molecule has 1 rings (SSSR count). The Morgan fingerprint density at radius 2 is 2.00 bits per heavy atom. The van der Waals surface area contributed by atoms with Crippen molar-refractivity contribution in [2.75, 3.05) is 11.9 Å². The standard InChI is InChI=1S/C11H15N3O2.ClH/c1-7-6-8(14-10(15)4-5-12)2-3-9(7)11(13)16;/h2-3,6H,4-5,12H2,1H3,(H2,13,16)(H,14,15);1H. The van der Waals surface area contributed by atoms with Crippen molar-refractivity contribution in [3.63, 3.8) is 0 Å². The summed E-state index contributed by atoms with van der Waals surface area (Å²) < 4.78 is 0. The Hall–Kier alpha value is -1.59. The summed E-state index contributed by atoms with van der Waals surface area (Å²) >= 11 is 0. The fraction of sp³-hybridized carbons (Fsp3) is 0.273. The largest absolute Gasteiger partial charge is 0.366 e. The molecule has 0 saturated heterocycles. The van der Waals surface area contributed by atoms with Gasteiger partial charge >= 0.3 is 0 Å². The molecule has 6 heteroatoms. The number of amides is 2. The highest BCUT2D eigenvalue weighted by molar-refractivity contribution is 5.96. The lowest BCUT2D eigenvalue weighted by Gasteiger charge is -2.07. The zero-order chi connectivity index (χ0) is 12.1. The third-order valence-corrected chi connectivity index (χ3v) is 2.15. The predicted octanol–water partition coefficient (Wildman–Crippen LogP) is 0.803. The summed E-state index contributed by atoms with van der Waals surface area (Å²) in [4.78, 5) is 22.2. The van der Waals surface area contributed by atoms with Crippen molar-refractivity contribution in [2.24, 2.45) is 11.5 Å². The minimum absolute atomic E-state index is 0. The number of carbonyl (C=O) groups excluding carboxylic acids is 2. The van der Waals surface area contributed by atoms with Crippen LogP contribution < -0.4 is 16.8 Å². The van der Waals surface area contributed by atoms with Crippen LogP contribution in [0.4, 0.5) is 5.69 Å². The summed E-state index contributed by atoms with van der Waals surface area (Å²) in [5.74, 6) is -0.619. The molecule has 0 bridgehead atoms. The van der Waals surface area contributed by atoms with Gasteiger partial charge in [0.15, 0.2) is 0 Å². The molecule has 1 aromatic rings. The molecule has 0 aliphatic carbocycles. The first-order chi connectivity index (χ1) is 7.54. The molecule has 0 unspecified atom stereocenters. The fourth-order valence-corrected chi connectivity index (χ4v) is 1.37. The Bertz CT molecular complexity index is 421. The highest BCUT2D eigenvalue weighted by atomic mass is 35.5. The zero-order valence-corrected chi connectivity index (χ0v) is 10.3. The number of hydrogen-bond donors (Lipinski definition) is 3. The lowest BCUT2D eigenvalue weighted by molar-refractivity contribution is -0.116. The molecule has 0 aliphatic rings. The van der Waals surface area contributed by atoms with E-state index in [4.69, 9.17) is 11.5 Å². The first-order valence-electron chi connectivity index (χ1n) is 4.95. The second-order valence-electron chi connectivity index (χ2n) is 3.48. The van der Waals surface area contributed by atoms with Crippen LogP contribution in [0.15, 0.2) is 18.2 Å². The molecular formula is C11H16ClN3O2. The average molecular weight is 258 g/mol. The number of carbonyl (C=O) groups is 2. The van der Waals surface area contributed by atoms with E-state index in [0.717, 1.165) is 5.56 Å². The van der Waals surface area contributed by atoms with Crippen LogP contribution in [-0.4, -0.2) is 18.4 Å². The van der Waals surface area contributed by atoms with E-state index in [9.17, 15) is 9.59 Å². The highest BCUT2D eigenvalue weighted by Crippen LogP contribution is 2.14. The van der Waals surface area contributed by atoms with Gasteiger partial charge in [-0.05, 0) is 30.7 Å². The predicted molar refractivity (Wildman–Crippen MR) is 69.2 cm³/mol. The molecule has 0 radical (unpaired) electrons. The van der Waals surface area contributed by atoms with Gasteiger partial charge in [-0.2, -0.15) is 0 Å². The van der Waals surface area contributed by atoms with Crippen LogP contribution in [0.5, 0.6) is 0 Å². The number of hydrogen-bond acceptors (Lipinski definition) is 3. The van der Waals surface area contributed by atoms with Gasteiger partial charge in [0, 0.05) is 24.2 Å². The molecule has 0 aromatic heterocycles. The lowest BCUT2D eigenvalue weighted by atomic mass is 10.1. The SMILES string of the molecule is Cc1cc(NC(=O)CCN)ccc1C(N)=O.Cl. The minimum Gasteiger partial charge on any atom is -0.366 e. The number of nitrogens with two attached hydrogens (primary N) is 2. The molecule has 0 atom stereocenters. The maximum Gasteiger partial charge on any atom is 0.248 e. The van der Waals surface area contributed by atoms with Gasteiger partial charge in [-0.1, -0.05) is 0 Å². The number of anilines is 1. The Kier molecular flexibility index (Phi) is 6.23. The van der Waals surface area contributed by atoms with Crippen LogP contribution in [-0.2, 0) is 4.79 Å². The van der Waals surface area contributed by atoms with Gasteiger partial charge in [-0.3, -0.25) is 9.59 Å². The normalized spacial score (nSPS) is 9.29. The van der Waals surface area contributed by atoms with Crippen molar-refractivity contribution in [1.82, 2.24) is 0 Å². The van der Waals surface area contributed by atoms with Crippen LogP contribution in [0.2, 0.25) is 0 Å². The molecule has 1 aromatic carbocycles. The van der Waals surface area contributed by atoms with Crippen LogP contribution >= 0.6 is 12.4 Å². The van der Waals surface area contributed by atoms with E-state index in [1.807, 2.05) is 0 Å². The zero-order valence-electron chi connectivity index (χ0n) is 9.53. The molecule has 0 aliphatic heterocycles. The average Bonchev–Trinajstić information content (AvgIpc) is 2.17. The van der Waals surface area contributed by atoms with E-state index in [0.29, 0.717) is 17.8 Å². The van der Waals surface area contributed by atoms with Crippen LogP contribution in [0.25, 0.3) is 0 Å². The molecule has 17 heavy (non-hydrogen) atoms. The molecule has 5 N–H and O–H groups in total. The van der Waals surface area contributed by atoms with Gasteiger partial charge in [0.25, 0.3) is 0 Å². The molecule has 0 fully saturated rings. The van der Waals surface area contributed by atoms with Crippen molar-refractivity contribution < 1.29 is 9.59 Å².